The summed E-state index contributed by atoms with van der Waals surface area (Å²) in [4.78, 5) is 31.6. The van der Waals surface area contributed by atoms with Crippen LogP contribution in [0.1, 0.15) is 60.8 Å². The van der Waals surface area contributed by atoms with E-state index in [1.165, 1.54) is 13.8 Å². The van der Waals surface area contributed by atoms with Crippen molar-refractivity contribution in [3.63, 3.8) is 0 Å². The molecular formula is C14H26O3. The highest BCUT2D eigenvalue weighted by Gasteiger charge is 2.12. The Hall–Kier alpha value is -0.990. The number of carbonyl (C=O) groups excluding carboxylic acids is 3. The second-order valence-corrected chi connectivity index (χ2v) is 4.92. The van der Waals surface area contributed by atoms with Crippen LogP contribution in [0.2, 0.25) is 0 Å². The molecule has 0 radical (unpaired) electrons. The fourth-order valence-electron chi connectivity index (χ4n) is 1.50. The van der Waals surface area contributed by atoms with Gasteiger partial charge >= 0.3 is 0 Å². The minimum Gasteiger partial charge on any atom is -0.300 e. The highest BCUT2D eigenvalue weighted by molar-refractivity contribution is 5.85. The fourth-order valence-corrected chi connectivity index (χ4v) is 1.50. The molecule has 0 aromatic rings. The van der Waals surface area contributed by atoms with Crippen molar-refractivity contribution in [3.8, 4) is 0 Å². The van der Waals surface area contributed by atoms with Crippen molar-refractivity contribution >= 4 is 17.3 Å². The average molecular weight is 242 g/mol. The van der Waals surface area contributed by atoms with Crippen LogP contribution in [-0.2, 0) is 14.4 Å². The van der Waals surface area contributed by atoms with Crippen LogP contribution in [0.4, 0.5) is 0 Å². The molecule has 0 aromatic heterocycles. The Kier molecular flexibility index (Phi) is 11.0. The molecule has 3 heteroatoms. The van der Waals surface area contributed by atoms with Gasteiger partial charge in [0.05, 0.1) is 0 Å². The smallest absolute Gasteiger partial charge is 0.133 e. The first-order chi connectivity index (χ1) is 7.70. The molecule has 0 aromatic carbocycles. The molecule has 0 spiro atoms. The van der Waals surface area contributed by atoms with E-state index in [0.29, 0.717) is 12.3 Å². The molecule has 0 fully saturated rings. The molecule has 0 unspecified atom stereocenters. The van der Waals surface area contributed by atoms with Crippen molar-refractivity contribution in [2.75, 3.05) is 0 Å². The number of ketones is 3. The maximum atomic E-state index is 10.8. The highest BCUT2D eigenvalue weighted by atomic mass is 16.1. The monoisotopic (exact) mass is 242 g/mol. The average Bonchev–Trinajstić information content (AvgIpc) is 2.11. The maximum absolute atomic E-state index is 10.8. The molecule has 0 aliphatic carbocycles. The molecule has 0 aliphatic rings. The summed E-state index contributed by atoms with van der Waals surface area (Å²) in [6.45, 7) is 10.7. The first-order valence-electron chi connectivity index (χ1n) is 6.19. The molecular weight excluding hydrogens is 216 g/mol. The van der Waals surface area contributed by atoms with E-state index in [9.17, 15) is 14.4 Å². The number of hydrogen-bond donors (Lipinski definition) is 0. The van der Waals surface area contributed by atoms with Crippen LogP contribution in [0, 0.1) is 11.8 Å². The van der Waals surface area contributed by atoms with E-state index in [0.717, 1.165) is 12.8 Å². The number of hydrogen-bond acceptors (Lipinski definition) is 3. The summed E-state index contributed by atoms with van der Waals surface area (Å²) < 4.78 is 0. The second kappa shape index (κ2) is 10.2. The number of rotatable bonds is 6. The molecule has 0 saturated heterocycles. The first kappa shape index (κ1) is 18.4. The predicted octanol–water partition coefficient (Wildman–Crippen LogP) is 3.20. The van der Waals surface area contributed by atoms with Crippen LogP contribution in [0.15, 0.2) is 0 Å². The quantitative estimate of drug-likeness (QED) is 0.718. The summed E-state index contributed by atoms with van der Waals surface area (Å²) in [5, 5.41) is 0. The van der Waals surface area contributed by atoms with Crippen LogP contribution in [0.25, 0.3) is 0 Å². The zero-order valence-electron chi connectivity index (χ0n) is 12.0. The fraction of sp³-hybridized carbons (Fsp3) is 0.786. The number of carbonyl (C=O) groups is 3. The molecule has 1 atom stereocenters. The van der Waals surface area contributed by atoms with Gasteiger partial charge in [0.2, 0.25) is 0 Å². The number of Topliss-reactive ketones (excluding diaryl/α,β-unsaturated/α-hetero) is 3. The Morgan fingerprint density at radius 3 is 1.35 bits per heavy atom. The van der Waals surface area contributed by atoms with Crippen LogP contribution < -0.4 is 0 Å². The normalized spacial score (nSPS) is 11.5. The summed E-state index contributed by atoms with van der Waals surface area (Å²) in [7, 11) is 0. The van der Waals surface area contributed by atoms with Gasteiger partial charge in [0, 0.05) is 18.8 Å². The van der Waals surface area contributed by atoms with Gasteiger partial charge in [0.1, 0.15) is 17.3 Å². The van der Waals surface area contributed by atoms with Crippen molar-refractivity contribution in [2.45, 2.75) is 60.8 Å². The van der Waals surface area contributed by atoms with E-state index in [2.05, 4.69) is 0 Å². The van der Waals surface area contributed by atoms with Gasteiger partial charge in [-0.25, -0.2) is 0 Å². The third-order valence-corrected chi connectivity index (χ3v) is 2.30. The summed E-state index contributed by atoms with van der Waals surface area (Å²) in [5.41, 5.74) is 0. The van der Waals surface area contributed by atoms with Crippen molar-refractivity contribution < 1.29 is 14.4 Å². The van der Waals surface area contributed by atoms with Crippen LogP contribution in [0.5, 0.6) is 0 Å². The summed E-state index contributed by atoms with van der Waals surface area (Å²) in [6.07, 6.45) is 1.90. The SMILES string of the molecule is CC(=O)CC(C)C.CC[C@H](CC(C)=O)C(C)=O. The molecule has 0 rings (SSSR count). The summed E-state index contributed by atoms with van der Waals surface area (Å²) in [6, 6.07) is 0. The van der Waals surface area contributed by atoms with Gasteiger partial charge in [0.25, 0.3) is 0 Å². The van der Waals surface area contributed by atoms with Gasteiger partial charge < -0.3 is 9.59 Å². The standard InChI is InChI=1S/C8H14O2.C6H12O/c1-4-8(7(3)10)5-6(2)9;1-5(2)4-6(3)7/h8H,4-5H2,1-3H3;5H,4H2,1-3H3/t8-;/m1./s1. The second-order valence-electron chi connectivity index (χ2n) is 4.92. The van der Waals surface area contributed by atoms with E-state index in [-0.39, 0.29) is 23.3 Å². The molecule has 100 valence electrons. The minimum atomic E-state index is -0.0440. The van der Waals surface area contributed by atoms with Gasteiger partial charge in [-0.05, 0) is 33.1 Å². The van der Waals surface area contributed by atoms with E-state index in [1.807, 2.05) is 20.8 Å². The lowest BCUT2D eigenvalue weighted by molar-refractivity contribution is -0.125. The van der Waals surface area contributed by atoms with Gasteiger partial charge in [-0.3, -0.25) is 4.79 Å². The third-order valence-electron chi connectivity index (χ3n) is 2.30. The van der Waals surface area contributed by atoms with E-state index < -0.39 is 0 Å². The van der Waals surface area contributed by atoms with Crippen molar-refractivity contribution in [2.24, 2.45) is 11.8 Å². The van der Waals surface area contributed by atoms with Gasteiger partial charge in [-0.2, -0.15) is 0 Å². The minimum absolute atomic E-state index is 0.0440. The van der Waals surface area contributed by atoms with E-state index in [4.69, 9.17) is 0 Å². The molecule has 0 saturated carbocycles. The Morgan fingerprint density at radius 1 is 0.882 bits per heavy atom. The molecule has 0 bridgehead atoms. The largest absolute Gasteiger partial charge is 0.300 e. The first-order valence-corrected chi connectivity index (χ1v) is 6.19. The highest BCUT2D eigenvalue weighted by Crippen LogP contribution is 2.09. The van der Waals surface area contributed by atoms with Gasteiger partial charge in [0.15, 0.2) is 0 Å². The zero-order valence-corrected chi connectivity index (χ0v) is 12.0. The van der Waals surface area contributed by atoms with Crippen molar-refractivity contribution in [1.29, 1.82) is 0 Å². The van der Waals surface area contributed by atoms with E-state index >= 15 is 0 Å². The van der Waals surface area contributed by atoms with Crippen molar-refractivity contribution in [1.82, 2.24) is 0 Å². The maximum Gasteiger partial charge on any atom is 0.133 e. The van der Waals surface area contributed by atoms with Crippen molar-refractivity contribution in [3.05, 3.63) is 0 Å². The Morgan fingerprint density at radius 2 is 1.29 bits per heavy atom. The Labute approximate surface area is 105 Å². The lowest BCUT2D eigenvalue weighted by Gasteiger charge is -2.06. The van der Waals surface area contributed by atoms with Gasteiger partial charge in [-0.1, -0.05) is 20.8 Å². The van der Waals surface area contributed by atoms with Gasteiger partial charge in [-0.15, -0.1) is 0 Å². The van der Waals surface area contributed by atoms with Crippen LogP contribution >= 0.6 is 0 Å². The molecule has 0 amide bonds. The Balaban J connectivity index is 0. The molecule has 0 heterocycles. The lowest BCUT2D eigenvalue weighted by atomic mass is 9.96. The summed E-state index contributed by atoms with van der Waals surface area (Å²) in [5.74, 6) is 0.991. The van der Waals surface area contributed by atoms with Crippen LogP contribution in [0.3, 0.4) is 0 Å². The molecule has 17 heavy (non-hydrogen) atoms. The molecule has 3 nitrogen and oxygen atoms in total. The molecule has 0 N–H and O–H groups in total. The predicted molar refractivity (Wildman–Crippen MR) is 69.9 cm³/mol. The zero-order chi connectivity index (χ0) is 14.0. The van der Waals surface area contributed by atoms with E-state index in [1.54, 1.807) is 6.92 Å². The summed E-state index contributed by atoms with van der Waals surface area (Å²) >= 11 is 0. The topological polar surface area (TPSA) is 51.2 Å². The lowest BCUT2D eigenvalue weighted by Crippen LogP contribution is -2.12. The Bertz CT molecular complexity index is 254. The van der Waals surface area contributed by atoms with Crippen LogP contribution in [-0.4, -0.2) is 17.3 Å². The third kappa shape index (κ3) is 15.0. The molecule has 0 aliphatic heterocycles.